The van der Waals surface area contributed by atoms with Gasteiger partial charge < -0.3 is 19.2 Å². The monoisotopic (exact) mass is 487 g/mol. The van der Waals surface area contributed by atoms with Gasteiger partial charge in [0.25, 0.3) is 0 Å². The van der Waals surface area contributed by atoms with Gasteiger partial charge in [-0.3, -0.25) is 4.79 Å². The second-order valence-corrected chi connectivity index (χ2v) is 8.39. The number of hydrogen-bond donors (Lipinski definition) is 1. The summed E-state index contributed by atoms with van der Waals surface area (Å²) in [5, 5.41) is 3.48. The van der Waals surface area contributed by atoms with Crippen molar-refractivity contribution in [3.05, 3.63) is 68.8 Å². The van der Waals surface area contributed by atoms with Gasteiger partial charge in [0.2, 0.25) is 5.91 Å². The SMILES string of the molecule is CCOC(=O)c1c(NC(=O)/C=C/c2ccc(-c3ccc(C)c(Cl)c3)o2)sc(C(=O)OC)c1C. The molecular formula is C24H22ClNO6S. The van der Waals surface area contributed by atoms with E-state index in [2.05, 4.69) is 5.32 Å². The number of anilines is 1. The molecule has 1 N–H and O–H groups in total. The van der Waals surface area contributed by atoms with Crippen LogP contribution in [0.25, 0.3) is 17.4 Å². The molecule has 7 nitrogen and oxygen atoms in total. The smallest absolute Gasteiger partial charge is 0.348 e. The number of ether oxygens (including phenoxy) is 2. The fraction of sp³-hybridized carbons (Fsp3) is 0.208. The Labute approximate surface area is 200 Å². The van der Waals surface area contributed by atoms with E-state index in [1.54, 1.807) is 26.0 Å². The number of carbonyl (C=O) groups excluding carboxylic acids is 3. The quantitative estimate of drug-likeness (QED) is 0.329. The molecule has 3 aromatic rings. The molecule has 1 aromatic carbocycles. The molecule has 9 heteroatoms. The van der Waals surface area contributed by atoms with Crippen LogP contribution in [0.15, 0.2) is 40.8 Å². The summed E-state index contributed by atoms with van der Waals surface area (Å²) in [5.74, 6) is -0.667. The molecule has 33 heavy (non-hydrogen) atoms. The lowest BCUT2D eigenvalue weighted by atomic mass is 10.1. The predicted molar refractivity (Wildman–Crippen MR) is 128 cm³/mol. The topological polar surface area (TPSA) is 94.8 Å². The van der Waals surface area contributed by atoms with Crippen molar-refractivity contribution in [2.45, 2.75) is 20.8 Å². The van der Waals surface area contributed by atoms with E-state index < -0.39 is 17.8 Å². The van der Waals surface area contributed by atoms with Gasteiger partial charge in [-0.1, -0.05) is 23.7 Å². The molecule has 0 unspecified atom stereocenters. The van der Waals surface area contributed by atoms with Crippen LogP contribution in [-0.2, 0) is 14.3 Å². The molecule has 0 aliphatic heterocycles. The number of rotatable bonds is 7. The molecule has 2 aromatic heterocycles. The molecule has 0 aliphatic rings. The molecule has 0 radical (unpaired) electrons. The highest BCUT2D eigenvalue weighted by atomic mass is 35.5. The van der Waals surface area contributed by atoms with Crippen LogP contribution in [0, 0.1) is 13.8 Å². The van der Waals surface area contributed by atoms with Gasteiger partial charge in [0.15, 0.2) is 0 Å². The maximum atomic E-state index is 12.5. The molecule has 2 heterocycles. The molecule has 0 spiro atoms. The zero-order valence-corrected chi connectivity index (χ0v) is 20.1. The number of hydrogen-bond acceptors (Lipinski definition) is 7. The second-order valence-electron chi connectivity index (χ2n) is 6.96. The van der Waals surface area contributed by atoms with E-state index >= 15 is 0 Å². The van der Waals surface area contributed by atoms with Gasteiger partial charge in [-0.05, 0) is 56.2 Å². The molecule has 0 bridgehead atoms. The van der Waals surface area contributed by atoms with Crippen molar-refractivity contribution in [1.82, 2.24) is 0 Å². The van der Waals surface area contributed by atoms with Crippen LogP contribution in [0.4, 0.5) is 5.00 Å². The first kappa shape index (κ1) is 24.3. The van der Waals surface area contributed by atoms with Crippen molar-refractivity contribution in [3.8, 4) is 11.3 Å². The fourth-order valence-electron chi connectivity index (χ4n) is 2.99. The van der Waals surface area contributed by atoms with Crippen LogP contribution in [-0.4, -0.2) is 31.6 Å². The number of nitrogens with one attached hydrogen (secondary N) is 1. The molecule has 0 saturated carbocycles. The van der Waals surface area contributed by atoms with Crippen LogP contribution in [0.2, 0.25) is 5.02 Å². The van der Waals surface area contributed by atoms with Crippen molar-refractivity contribution < 1.29 is 28.3 Å². The molecule has 1 amide bonds. The van der Waals surface area contributed by atoms with Crippen molar-refractivity contribution in [1.29, 1.82) is 0 Å². The van der Waals surface area contributed by atoms with Crippen molar-refractivity contribution in [2.24, 2.45) is 0 Å². The highest BCUT2D eigenvalue weighted by molar-refractivity contribution is 7.18. The zero-order valence-electron chi connectivity index (χ0n) is 18.5. The molecule has 172 valence electrons. The van der Waals surface area contributed by atoms with E-state index in [0.717, 1.165) is 22.5 Å². The molecule has 0 saturated heterocycles. The van der Waals surface area contributed by atoms with Gasteiger partial charge in [0.1, 0.15) is 21.4 Å². The summed E-state index contributed by atoms with van der Waals surface area (Å²) >= 11 is 7.13. The Morgan fingerprint density at radius 3 is 2.58 bits per heavy atom. The highest BCUT2D eigenvalue weighted by Gasteiger charge is 2.26. The standard InChI is InChI=1S/C24H22ClNO6S/c1-5-31-23(28)20-14(3)21(24(29)30-4)33-22(20)26-19(27)11-9-16-8-10-18(32-16)15-7-6-13(2)17(25)12-15/h6-12H,5H2,1-4H3,(H,26,27)/b11-9+. The number of esters is 2. The van der Waals surface area contributed by atoms with E-state index in [1.165, 1.54) is 19.3 Å². The largest absolute Gasteiger partial charge is 0.465 e. The Kier molecular flexibility index (Phi) is 7.73. The Morgan fingerprint density at radius 2 is 1.91 bits per heavy atom. The third kappa shape index (κ3) is 5.53. The average Bonchev–Trinajstić information content (AvgIpc) is 3.38. The number of carbonyl (C=O) groups is 3. The number of benzene rings is 1. The first-order valence-corrected chi connectivity index (χ1v) is 11.2. The minimum Gasteiger partial charge on any atom is -0.465 e. The lowest BCUT2D eigenvalue weighted by Crippen LogP contribution is -2.12. The van der Waals surface area contributed by atoms with Gasteiger partial charge in [-0.25, -0.2) is 9.59 Å². The summed E-state index contributed by atoms with van der Waals surface area (Å²) < 4.78 is 15.6. The Bertz CT molecular complexity index is 1240. The van der Waals surface area contributed by atoms with Crippen LogP contribution < -0.4 is 5.32 Å². The Hall–Kier alpha value is -3.36. The normalized spacial score (nSPS) is 10.9. The fourth-order valence-corrected chi connectivity index (χ4v) is 4.29. The molecule has 0 aliphatic carbocycles. The Morgan fingerprint density at radius 1 is 1.15 bits per heavy atom. The van der Waals surface area contributed by atoms with E-state index in [4.69, 9.17) is 25.5 Å². The maximum Gasteiger partial charge on any atom is 0.348 e. The van der Waals surface area contributed by atoms with Crippen LogP contribution in [0.3, 0.4) is 0 Å². The van der Waals surface area contributed by atoms with E-state index in [9.17, 15) is 14.4 Å². The zero-order chi connectivity index (χ0) is 24.1. The summed E-state index contributed by atoms with van der Waals surface area (Å²) in [6.45, 7) is 5.34. The van der Waals surface area contributed by atoms with Crippen molar-refractivity contribution >= 4 is 51.9 Å². The summed E-state index contributed by atoms with van der Waals surface area (Å²) in [4.78, 5) is 37.2. The van der Waals surface area contributed by atoms with Crippen LogP contribution in [0.1, 0.15) is 43.8 Å². The highest BCUT2D eigenvalue weighted by Crippen LogP contribution is 2.34. The minimum absolute atomic E-state index is 0.125. The summed E-state index contributed by atoms with van der Waals surface area (Å²) in [6.07, 6.45) is 2.77. The van der Waals surface area contributed by atoms with E-state index in [1.807, 2.05) is 25.1 Å². The number of methoxy groups -OCH3 is 1. The lowest BCUT2D eigenvalue weighted by molar-refractivity contribution is -0.111. The summed E-state index contributed by atoms with van der Waals surface area (Å²) in [6, 6.07) is 9.11. The van der Waals surface area contributed by atoms with E-state index in [-0.39, 0.29) is 22.0 Å². The molecular weight excluding hydrogens is 466 g/mol. The van der Waals surface area contributed by atoms with Crippen LogP contribution in [0.5, 0.6) is 0 Å². The molecule has 0 fully saturated rings. The maximum absolute atomic E-state index is 12.5. The third-order valence-electron chi connectivity index (χ3n) is 4.72. The van der Waals surface area contributed by atoms with Gasteiger partial charge >= 0.3 is 11.9 Å². The number of aryl methyl sites for hydroxylation is 1. The minimum atomic E-state index is -0.631. The molecule has 3 rings (SSSR count). The van der Waals surface area contributed by atoms with Gasteiger partial charge in [0, 0.05) is 16.7 Å². The first-order valence-electron chi connectivity index (χ1n) is 9.99. The number of furan rings is 1. The number of thiophene rings is 1. The summed E-state index contributed by atoms with van der Waals surface area (Å²) in [7, 11) is 1.24. The van der Waals surface area contributed by atoms with Crippen molar-refractivity contribution in [3.63, 3.8) is 0 Å². The molecule has 0 atom stereocenters. The predicted octanol–water partition coefficient (Wildman–Crippen LogP) is 5.89. The van der Waals surface area contributed by atoms with Crippen LogP contribution >= 0.6 is 22.9 Å². The number of amides is 1. The summed E-state index contributed by atoms with van der Waals surface area (Å²) in [5.41, 5.74) is 2.29. The van der Waals surface area contributed by atoms with Gasteiger partial charge in [-0.2, -0.15) is 0 Å². The van der Waals surface area contributed by atoms with Crippen molar-refractivity contribution in [2.75, 3.05) is 19.0 Å². The third-order valence-corrected chi connectivity index (χ3v) is 6.31. The second kappa shape index (κ2) is 10.5. The lowest BCUT2D eigenvalue weighted by Gasteiger charge is -2.05. The van der Waals surface area contributed by atoms with Gasteiger partial charge in [-0.15, -0.1) is 11.3 Å². The first-order chi connectivity index (χ1) is 15.7. The average molecular weight is 488 g/mol. The van der Waals surface area contributed by atoms with Gasteiger partial charge in [0.05, 0.1) is 19.3 Å². The number of halogens is 1. The Balaban J connectivity index is 1.79. The van der Waals surface area contributed by atoms with E-state index in [0.29, 0.717) is 22.1 Å².